The van der Waals surface area contributed by atoms with Crippen molar-refractivity contribution in [2.45, 2.75) is 0 Å². The zero-order valence-corrected chi connectivity index (χ0v) is 7.27. The maximum atomic E-state index is 12.8. The lowest BCUT2D eigenvalue weighted by Gasteiger charge is -2.11. The van der Waals surface area contributed by atoms with Crippen LogP contribution in [-0.4, -0.2) is 21.8 Å². The Balaban J connectivity index is 2.52. The number of carbonyl (C=O) groups excluding carboxylic acids is 1. The Labute approximate surface area is 83.2 Å². The van der Waals surface area contributed by atoms with Gasteiger partial charge in [0.05, 0.1) is 11.8 Å². The molecule has 0 aliphatic carbocycles. The molecule has 0 atom stereocenters. The molecule has 1 aliphatic rings. The highest BCUT2D eigenvalue weighted by Gasteiger charge is 2.27. The van der Waals surface area contributed by atoms with Crippen LogP contribution in [0.15, 0.2) is 24.0 Å². The van der Waals surface area contributed by atoms with Gasteiger partial charge in [0.15, 0.2) is 5.82 Å². The molecule has 5 nitrogen and oxygen atoms in total. The van der Waals surface area contributed by atoms with Gasteiger partial charge in [0, 0.05) is 6.20 Å². The maximum Gasteiger partial charge on any atom is 0.341 e. The van der Waals surface area contributed by atoms with E-state index in [2.05, 4.69) is 10.3 Å². The van der Waals surface area contributed by atoms with Crippen molar-refractivity contribution in [3.63, 3.8) is 0 Å². The van der Waals surface area contributed by atoms with Crippen molar-refractivity contribution in [2.24, 2.45) is 0 Å². The number of hydrogen-bond donors (Lipinski definition) is 1. The van der Waals surface area contributed by atoms with Crippen LogP contribution in [0.1, 0.15) is 10.4 Å². The molecular weight excluding hydrogens is 203 g/mol. The molecule has 2 rings (SSSR count). The molecule has 0 aromatic carbocycles. The van der Waals surface area contributed by atoms with Crippen LogP contribution in [0.5, 0.6) is 0 Å². The van der Waals surface area contributed by atoms with Gasteiger partial charge in [-0.25, -0.2) is 19.5 Å². The van der Waals surface area contributed by atoms with Crippen LogP contribution < -0.4 is 5.32 Å². The number of hydrogen-bond acceptors (Lipinski definition) is 3. The molecule has 1 radical (unpaired) electrons. The average molecular weight is 207 g/mol. The van der Waals surface area contributed by atoms with Crippen LogP contribution in [0.2, 0.25) is 0 Å². The first-order chi connectivity index (χ1) is 7.09. The minimum atomic E-state index is -1.39. The van der Waals surface area contributed by atoms with E-state index in [0.29, 0.717) is 0 Å². The average Bonchev–Trinajstić information content (AvgIpc) is 2.19. The van der Waals surface area contributed by atoms with Crippen LogP contribution in [0.3, 0.4) is 0 Å². The predicted molar refractivity (Wildman–Crippen MR) is 46.0 cm³/mol. The first-order valence-electron chi connectivity index (χ1n) is 3.94. The lowest BCUT2D eigenvalue weighted by Crippen LogP contribution is -2.20. The number of ketones is 1. The molecule has 1 aromatic heterocycles. The van der Waals surface area contributed by atoms with E-state index in [9.17, 15) is 14.0 Å². The molecule has 1 aliphatic heterocycles. The first kappa shape index (κ1) is 9.32. The Morgan fingerprint density at radius 2 is 2.20 bits per heavy atom. The van der Waals surface area contributed by atoms with Gasteiger partial charge in [-0.1, -0.05) is 0 Å². The van der Waals surface area contributed by atoms with Crippen molar-refractivity contribution in [3.05, 3.63) is 35.4 Å². The Morgan fingerprint density at radius 3 is 2.87 bits per heavy atom. The zero-order valence-electron chi connectivity index (χ0n) is 7.27. The highest BCUT2D eigenvalue weighted by molar-refractivity contribution is 6.25. The number of Topliss-reactive ketones (excluding diaryl/α,β-unsaturated/α-hetero) is 1. The normalized spacial score (nSPS) is 13.9. The topological polar surface area (TPSA) is 81.4 Å². The number of pyridine rings is 1. The summed E-state index contributed by atoms with van der Waals surface area (Å²) in [6.45, 7) is 0. The number of carboxylic acid groups (broad SMARTS) is 1. The number of carbonyl (C=O) groups is 2. The molecule has 1 N–H and O–H groups in total. The van der Waals surface area contributed by atoms with Gasteiger partial charge < -0.3 is 5.11 Å². The smallest absolute Gasteiger partial charge is 0.341 e. The Kier molecular flexibility index (Phi) is 1.96. The molecule has 1 aromatic rings. The second-order valence-electron chi connectivity index (χ2n) is 2.83. The molecule has 0 fully saturated rings. The third kappa shape index (κ3) is 1.45. The molecule has 0 spiro atoms. The van der Waals surface area contributed by atoms with E-state index >= 15 is 0 Å². The predicted octanol–water partition coefficient (Wildman–Crippen LogP) is 0.621. The van der Waals surface area contributed by atoms with Crippen molar-refractivity contribution in [2.75, 3.05) is 0 Å². The van der Waals surface area contributed by atoms with Gasteiger partial charge in [-0.15, -0.1) is 0 Å². The molecule has 75 valence electrons. The lowest BCUT2D eigenvalue weighted by molar-refractivity contribution is -0.132. The fraction of sp³-hybridized carbons (Fsp3) is 0. The van der Waals surface area contributed by atoms with Crippen molar-refractivity contribution < 1.29 is 19.1 Å². The molecule has 0 bridgehead atoms. The van der Waals surface area contributed by atoms with Gasteiger partial charge in [0.1, 0.15) is 11.4 Å². The summed E-state index contributed by atoms with van der Waals surface area (Å²) in [6.07, 6.45) is 1.83. The highest BCUT2D eigenvalue weighted by Crippen LogP contribution is 2.22. The lowest BCUT2D eigenvalue weighted by atomic mass is 10.0. The third-order valence-electron chi connectivity index (χ3n) is 1.87. The largest absolute Gasteiger partial charge is 0.477 e. The number of aliphatic carboxylic acids is 1. The van der Waals surface area contributed by atoms with E-state index in [4.69, 9.17) is 5.11 Å². The summed E-state index contributed by atoms with van der Waals surface area (Å²) in [5.41, 5.74) is -0.621. The fourth-order valence-corrected chi connectivity index (χ4v) is 1.18. The number of rotatable bonds is 1. The number of halogens is 1. The van der Waals surface area contributed by atoms with E-state index in [1.54, 1.807) is 0 Å². The van der Waals surface area contributed by atoms with Gasteiger partial charge in [-0.2, -0.15) is 0 Å². The van der Waals surface area contributed by atoms with Crippen LogP contribution >= 0.6 is 0 Å². The summed E-state index contributed by atoms with van der Waals surface area (Å²) in [5.74, 6) is -2.84. The monoisotopic (exact) mass is 207 g/mol. The van der Waals surface area contributed by atoms with Crippen LogP contribution in [0, 0.1) is 5.82 Å². The molecule has 0 unspecified atom stereocenters. The van der Waals surface area contributed by atoms with Crippen LogP contribution in [0.4, 0.5) is 10.2 Å². The quantitative estimate of drug-likeness (QED) is 0.684. The minimum absolute atomic E-state index is 0.0337. The molecule has 0 saturated heterocycles. The van der Waals surface area contributed by atoms with E-state index in [1.807, 2.05) is 0 Å². The van der Waals surface area contributed by atoms with Gasteiger partial charge >= 0.3 is 5.97 Å². The Bertz CT molecular complexity index is 496. The molecule has 15 heavy (non-hydrogen) atoms. The van der Waals surface area contributed by atoms with Crippen molar-refractivity contribution in [1.82, 2.24) is 10.3 Å². The number of aromatic nitrogens is 1. The standard InChI is InChI=1S/C9H4FN2O3/c10-4-1-5-7(13)6(9(14)15)3-12-8(5)11-2-4/h1-3H,(H,14,15). The summed E-state index contributed by atoms with van der Waals surface area (Å²) in [5, 5.41) is 12.3. The molecule has 6 heteroatoms. The Hall–Kier alpha value is -2.24. The molecule has 0 saturated carbocycles. The Morgan fingerprint density at radius 1 is 1.47 bits per heavy atom. The second-order valence-corrected chi connectivity index (χ2v) is 2.83. The first-order valence-corrected chi connectivity index (χ1v) is 3.94. The van der Waals surface area contributed by atoms with E-state index in [0.717, 1.165) is 18.5 Å². The number of nitrogens with zero attached hydrogens (tertiary/aromatic N) is 2. The summed E-state index contributed by atoms with van der Waals surface area (Å²) in [4.78, 5) is 25.7. The third-order valence-corrected chi connectivity index (χ3v) is 1.87. The molecular formula is C9H4FN2O3. The number of fused-ring (bicyclic) bond motifs is 1. The zero-order chi connectivity index (χ0) is 11.0. The van der Waals surface area contributed by atoms with E-state index in [-0.39, 0.29) is 11.4 Å². The molecule has 0 amide bonds. The SMILES string of the molecule is O=C(O)C1=C[N]c2ncc(F)cc2C1=O. The minimum Gasteiger partial charge on any atom is -0.477 e. The highest BCUT2D eigenvalue weighted by atomic mass is 19.1. The maximum absolute atomic E-state index is 12.8. The fourth-order valence-electron chi connectivity index (χ4n) is 1.18. The van der Waals surface area contributed by atoms with E-state index in [1.165, 1.54) is 0 Å². The summed E-state index contributed by atoms with van der Waals surface area (Å²) < 4.78 is 12.8. The summed E-state index contributed by atoms with van der Waals surface area (Å²) in [7, 11) is 0. The van der Waals surface area contributed by atoms with E-state index < -0.39 is 23.1 Å². The number of carboxylic acids is 1. The van der Waals surface area contributed by atoms with Crippen LogP contribution in [0.25, 0.3) is 0 Å². The summed E-state index contributed by atoms with van der Waals surface area (Å²) in [6, 6.07) is 0.921. The second kappa shape index (κ2) is 3.16. The van der Waals surface area contributed by atoms with Crippen molar-refractivity contribution >= 4 is 17.6 Å². The molecule has 2 heterocycles. The van der Waals surface area contributed by atoms with Gasteiger partial charge in [-0.05, 0) is 6.07 Å². The van der Waals surface area contributed by atoms with Gasteiger partial charge in [-0.3, -0.25) is 4.79 Å². The van der Waals surface area contributed by atoms with Crippen molar-refractivity contribution in [3.8, 4) is 0 Å². The van der Waals surface area contributed by atoms with Gasteiger partial charge in [0.25, 0.3) is 0 Å². The van der Waals surface area contributed by atoms with Gasteiger partial charge in [0.2, 0.25) is 5.78 Å². The summed E-state index contributed by atoms with van der Waals surface area (Å²) >= 11 is 0. The van der Waals surface area contributed by atoms with Crippen molar-refractivity contribution in [1.29, 1.82) is 0 Å². The van der Waals surface area contributed by atoms with Crippen LogP contribution in [-0.2, 0) is 4.79 Å².